The van der Waals surface area contributed by atoms with Gasteiger partial charge in [-0.25, -0.2) is 0 Å². The highest BCUT2D eigenvalue weighted by molar-refractivity contribution is 9.10. The Hall–Kier alpha value is -2.22. The molecule has 2 atom stereocenters. The third-order valence-corrected chi connectivity index (χ3v) is 6.22. The predicted molar refractivity (Wildman–Crippen MR) is 129 cm³/mol. The predicted octanol–water partition coefficient (Wildman–Crippen LogP) is 4.56. The lowest BCUT2D eigenvalue weighted by Gasteiger charge is -2.29. The van der Waals surface area contributed by atoms with Crippen LogP contribution in [0.25, 0.3) is 5.69 Å². The minimum atomic E-state index is -0.00106. The van der Waals surface area contributed by atoms with E-state index in [-0.39, 0.29) is 12.1 Å². The fourth-order valence-electron chi connectivity index (χ4n) is 4.02. The Bertz CT molecular complexity index is 1000. The molecule has 1 aromatic carbocycles. The van der Waals surface area contributed by atoms with Crippen LogP contribution in [0.15, 0.2) is 71.5 Å². The molecule has 0 spiro atoms. The van der Waals surface area contributed by atoms with Crippen molar-refractivity contribution >= 4 is 33.3 Å². The summed E-state index contributed by atoms with van der Waals surface area (Å²) in [5.74, 6) is 0. The Morgan fingerprint density at radius 1 is 1.13 bits per heavy atom. The Kier molecular flexibility index (Phi) is 6.51. The van der Waals surface area contributed by atoms with Gasteiger partial charge in [-0.3, -0.25) is 4.98 Å². The molecule has 1 aliphatic rings. The first kappa shape index (κ1) is 21.0. The monoisotopic (exact) mass is 483 g/mol. The Labute approximate surface area is 191 Å². The van der Waals surface area contributed by atoms with Crippen LogP contribution in [0.4, 0.5) is 0 Å². The van der Waals surface area contributed by atoms with Crippen molar-refractivity contribution in [2.45, 2.75) is 18.5 Å². The number of hydrogen-bond donors (Lipinski definition) is 1. The molecule has 0 amide bonds. The van der Waals surface area contributed by atoms with Crippen LogP contribution < -0.4 is 5.32 Å². The van der Waals surface area contributed by atoms with Crippen LogP contribution in [0, 0.1) is 0 Å². The van der Waals surface area contributed by atoms with Crippen LogP contribution in [0.3, 0.4) is 0 Å². The lowest BCUT2D eigenvalue weighted by atomic mass is 10.0. The zero-order valence-corrected chi connectivity index (χ0v) is 19.6. The molecule has 3 aromatic rings. The van der Waals surface area contributed by atoms with Crippen LogP contribution in [0.1, 0.15) is 29.9 Å². The van der Waals surface area contributed by atoms with Crippen LogP contribution in [0.2, 0.25) is 0 Å². The van der Waals surface area contributed by atoms with Crippen molar-refractivity contribution in [1.29, 1.82) is 0 Å². The molecule has 156 valence electrons. The standard InChI is InChI=1S/C23H26BrN5S/c1-27(2)13-7-15-29-22(21(26-23(29)30)19-10-3-4-12-25-19)20-11-6-14-28(20)18-9-5-8-17(24)16-18/h3-6,8-12,14,16,21-22H,7,13,15H2,1-2H3,(H,26,30)/t21-,22-/m1/s1. The molecule has 3 heterocycles. The average molecular weight is 484 g/mol. The minimum Gasteiger partial charge on any atom is -0.352 e. The van der Waals surface area contributed by atoms with Crippen molar-refractivity contribution in [1.82, 2.24) is 24.7 Å². The summed E-state index contributed by atoms with van der Waals surface area (Å²) in [4.78, 5) is 9.17. The molecule has 0 unspecified atom stereocenters. The summed E-state index contributed by atoms with van der Waals surface area (Å²) < 4.78 is 3.31. The number of hydrogen-bond acceptors (Lipinski definition) is 3. The lowest BCUT2D eigenvalue weighted by molar-refractivity contribution is 0.286. The van der Waals surface area contributed by atoms with E-state index in [1.54, 1.807) is 0 Å². The Morgan fingerprint density at radius 3 is 2.73 bits per heavy atom. The van der Waals surface area contributed by atoms with Gasteiger partial charge in [-0.1, -0.05) is 28.1 Å². The molecule has 30 heavy (non-hydrogen) atoms. The number of rotatable bonds is 7. The molecule has 7 heteroatoms. The molecule has 2 aromatic heterocycles. The van der Waals surface area contributed by atoms with Crippen molar-refractivity contribution in [2.24, 2.45) is 0 Å². The van der Waals surface area contributed by atoms with E-state index in [2.05, 4.69) is 97.3 Å². The second kappa shape index (κ2) is 9.29. The summed E-state index contributed by atoms with van der Waals surface area (Å²) in [7, 11) is 4.21. The zero-order chi connectivity index (χ0) is 21.1. The third-order valence-electron chi connectivity index (χ3n) is 5.37. The number of pyridine rings is 1. The zero-order valence-electron chi connectivity index (χ0n) is 17.2. The minimum absolute atomic E-state index is 0.00106. The van der Waals surface area contributed by atoms with Gasteiger partial charge in [-0.2, -0.15) is 0 Å². The molecule has 0 bridgehead atoms. The SMILES string of the molecule is CN(C)CCCN1C(=S)N[C@H](c2ccccn2)[C@H]1c1cccn1-c1cccc(Br)c1. The van der Waals surface area contributed by atoms with E-state index in [0.717, 1.165) is 40.5 Å². The maximum atomic E-state index is 5.79. The number of halogens is 1. The van der Waals surface area contributed by atoms with Gasteiger partial charge in [0.1, 0.15) is 0 Å². The first-order chi connectivity index (χ1) is 14.5. The smallest absolute Gasteiger partial charge is 0.170 e. The first-order valence-electron chi connectivity index (χ1n) is 10.1. The molecule has 0 radical (unpaired) electrons. The van der Waals surface area contributed by atoms with Gasteiger partial charge in [-0.15, -0.1) is 0 Å². The maximum absolute atomic E-state index is 5.79. The third kappa shape index (κ3) is 4.43. The van der Waals surface area contributed by atoms with E-state index in [1.807, 2.05) is 24.4 Å². The normalized spacial score (nSPS) is 18.8. The Balaban J connectivity index is 1.74. The summed E-state index contributed by atoms with van der Waals surface area (Å²) in [6.45, 7) is 1.91. The van der Waals surface area contributed by atoms with E-state index in [9.17, 15) is 0 Å². The van der Waals surface area contributed by atoms with Crippen molar-refractivity contribution < 1.29 is 0 Å². The molecule has 1 aliphatic heterocycles. The number of benzene rings is 1. The lowest BCUT2D eigenvalue weighted by Crippen LogP contribution is -2.32. The van der Waals surface area contributed by atoms with Gasteiger partial charge in [0.2, 0.25) is 0 Å². The molecule has 5 nitrogen and oxygen atoms in total. The second-order valence-electron chi connectivity index (χ2n) is 7.76. The highest BCUT2D eigenvalue weighted by atomic mass is 79.9. The Morgan fingerprint density at radius 2 is 2.00 bits per heavy atom. The molecule has 0 aliphatic carbocycles. The van der Waals surface area contributed by atoms with E-state index in [4.69, 9.17) is 12.2 Å². The fraction of sp³-hybridized carbons (Fsp3) is 0.304. The molecule has 1 saturated heterocycles. The summed E-state index contributed by atoms with van der Waals surface area (Å²) >= 11 is 9.39. The summed E-state index contributed by atoms with van der Waals surface area (Å²) in [6, 6.07) is 18.8. The molecular formula is C23H26BrN5S. The van der Waals surface area contributed by atoms with Gasteiger partial charge >= 0.3 is 0 Å². The number of thiocarbonyl (C=S) groups is 1. The fourth-order valence-corrected chi connectivity index (χ4v) is 4.74. The quantitative estimate of drug-likeness (QED) is 0.498. The molecular weight excluding hydrogens is 458 g/mol. The number of nitrogens with one attached hydrogen (secondary N) is 1. The van der Waals surface area contributed by atoms with Gasteiger partial charge < -0.3 is 19.7 Å². The maximum Gasteiger partial charge on any atom is 0.170 e. The largest absolute Gasteiger partial charge is 0.352 e. The van der Waals surface area contributed by atoms with E-state index >= 15 is 0 Å². The van der Waals surface area contributed by atoms with Crippen molar-refractivity contribution in [2.75, 3.05) is 27.2 Å². The summed E-state index contributed by atoms with van der Waals surface area (Å²) in [5, 5.41) is 4.33. The summed E-state index contributed by atoms with van der Waals surface area (Å²) in [5.41, 5.74) is 3.32. The van der Waals surface area contributed by atoms with Crippen molar-refractivity contribution in [3.63, 3.8) is 0 Å². The van der Waals surface area contributed by atoms with Gasteiger partial charge in [-0.05, 0) is 81.7 Å². The van der Waals surface area contributed by atoms with Crippen LogP contribution in [-0.2, 0) is 0 Å². The van der Waals surface area contributed by atoms with Gasteiger partial charge in [0.15, 0.2) is 5.11 Å². The second-order valence-corrected chi connectivity index (χ2v) is 9.06. The summed E-state index contributed by atoms with van der Waals surface area (Å²) in [6.07, 6.45) is 5.00. The molecule has 1 N–H and O–H groups in total. The molecule has 1 fully saturated rings. The van der Waals surface area contributed by atoms with Gasteiger partial charge in [0.25, 0.3) is 0 Å². The van der Waals surface area contributed by atoms with E-state index < -0.39 is 0 Å². The highest BCUT2D eigenvalue weighted by Gasteiger charge is 2.40. The molecule has 4 rings (SSSR count). The van der Waals surface area contributed by atoms with Crippen molar-refractivity contribution in [3.8, 4) is 5.69 Å². The highest BCUT2D eigenvalue weighted by Crippen LogP contribution is 2.39. The van der Waals surface area contributed by atoms with Gasteiger partial charge in [0.05, 0.1) is 17.8 Å². The van der Waals surface area contributed by atoms with Gasteiger partial charge in [0, 0.05) is 34.8 Å². The van der Waals surface area contributed by atoms with E-state index in [0.29, 0.717) is 0 Å². The number of aromatic nitrogens is 2. The van der Waals surface area contributed by atoms with Crippen LogP contribution >= 0.6 is 28.1 Å². The first-order valence-corrected chi connectivity index (χ1v) is 11.3. The van der Waals surface area contributed by atoms with Crippen molar-refractivity contribution in [3.05, 3.63) is 82.9 Å². The average Bonchev–Trinajstić information content (AvgIpc) is 3.33. The van der Waals surface area contributed by atoms with Crippen LogP contribution in [-0.4, -0.2) is 51.6 Å². The van der Waals surface area contributed by atoms with Crippen LogP contribution in [0.5, 0.6) is 0 Å². The number of nitrogens with zero attached hydrogens (tertiary/aromatic N) is 4. The topological polar surface area (TPSA) is 36.3 Å². The van der Waals surface area contributed by atoms with E-state index in [1.165, 1.54) is 5.69 Å². The molecule has 0 saturated carbocycles.